The van der Waals surface area contributed by atoms with E-state index in [1.165, 1.54) is 6.92 Å². The van der Waals surface area contributed by atoms with E-state index in [4.69, 9.17) is 5.73 Å². The number of rotatable bonds is 3. The van der Waals surface area contributed by atoms with Crippen molar-refractivity contribution in [1.82, 2.24) is 4.72 Å². The van der Waals surface area contributed by atoms with E-state index in [1.807, 2.05) is 11.6 Å². The molecule has 2 atom stereocenters. The molecule has 0 radical (unpaired) electrons. The fraction of sp³-hybridized carbons (Fsp3) is 0.900. The zero-order chi connectivity index (χ0) is 12.4. The molecule has 16 heavy (non-hydrogen) atoms. The molecule has 3 N–H and O–H groups in total. The number of nitrogens with one attached hydrogen (secondary N) is 1. The van der Waals surface area contributed by atoms with Crippen molar-refractivity contribution in [3.05, 3.63) is 0 Å². The molecule has 0 aliphatic heterocycles. The Labute approximate surface area is 96.8 Å². The molecule has 1 aliphatic carbocycles. The van der Waals surface area contributed by atoms with E-state index in [2.05, 4.69) is 0 Å². The molecule has 0 saturated heterocycles. The minimum Gasteiger partial charge on any atom is -0.317 e. The van der Waals surface area contributed by atoms with Crippen molar-refractivity contribution >= 4 is 15.9 Å². The van der Waals surface area contributed by atoms with Crippen LogP contribution < -0.4 is 10.5 Å². The molecule has 0 aromatic heterocycles. The summed E-state index contributed by atoms with van der Waals surface area (Å²) < 4.78 is 24.6. The van der Waals surface area contributed by atoms with Crippen LogP contribution in [0.4, 0.5) is 0 Å². The Morgan fingerprint density at radius 3 is 2.69 bits per heavy atom. The first-order valence-corrected chi connectivity index (χ1v) is 7.28. The largest absolute Gasteiger partial charge is 0.317 e. The Balaban J connectivity index is 2.72. The summed E-state index contributed by atoms with van der Waals surface area (Å²) in [5, 5.41) is 0. The van der Waals surface area contributed by atoms with E-state index in [1.54, 1.807) is 0 Å². The number of carbonyl (C=O) groups excluding carboxylic acids is 1. The van der Waals surface area contributed by atoms with Crippen molar-refractivity contribution in [2.24, 2.45) is 11.7 Å². The van der Waals surface area contributed by atoms with Gasteiger partial charge < -0.3 is 5.73 Å². The summed E-state index contributed by atoms with van der Waals surface area (Å²) in [5.41, 5.74) is 4.96. The lowest BCUT2D eigenvalue weighted by atomic mass is 9.77. The number of sulfonamides is 1. The highest BCUT2D eigenvalue weighted by Gasteiger charge is 2.39. The summed E-state index contributed by atoms with van der Waals surface area (Å²) in [4.78, 5) is 11.8. The fourth-order valence-electron chi connectivity index (χ4n) is 2.11. The second-order valence-electron chi connectivity index (χ2n) is 4.69. The van der Waals surface area contributed by atoms with Crippen molar-refractivity contribution in [3.8, 4) is 0 Å². The van der Waals surface area contributed by atoms with Crippen LogP contribution in [0.3, 0.4) is 0 Å². The SMILES string of the molecule is CCS(=O)(=O)NC(=O)C1(N)CCCC(C)C1. The molecule has 94 valence electrons. The monoisotopic (exact) mass is 248 g/mol. The van der Waals surface area contributed by atoms with Gasteiger partial charge in [-0.2, -0.15) is 0 Å². The highest BCUT2D eigenvalue weighted by Crippen LogP contribution is 2.30. The topological polar surface area (TPSA) is 89.3 Å². The Morgan fingerprint density at radius 2 is 2.19 bits per heavy atom. The van der Waals surface area contributed by atoms with Crippen molar-refractivity contribution in [2.75, 3.05) is 5.75 Å². The third-order valence-corrected chi connectivity index (χ3v) is 4.37. The number of hydrogen-bond donors (Lipinski definition) is 2. The zero-order valence-electron chi connectivity index (χ0n) is 9.82. The van der Waals surface area contributed by atoms with Gasteiger partial charge in [-0.05, 0) is 25.7 Å². The maximum Gasteiger partial charge on any atom is 0.253 e. The summed E-state index contributed by atoms with van der Waals surface area (Å²) in [6, 6.07) is 0. The van der Waals surface area contributed by atoms with E-state index >= 15 is 0 Å². The Hall–Kier alpha value is -0.620. The first-order chi connectivity index (χ1) is 7.29. The summed E-state index contributed by atoms with van der Waals surface area (Å²) in [6.45, 7) is 3.52. The van der Waals surface area contributed by atoms with Gasteiger partial charge in [0.1, 0.15) is 0 Å². The van der Waals surface area contributed by atoms with Gasteiger partial charge in [0.2, 0.25) is 10.0 Å². The predicted molar refractivity (Wildman–Crippen MR) is 62.2 cm³/mol. The van der Waals surface area contributed by atoms with E-state index in [-0.39, 0.29) is 5.75 Å². The van der Waals surface area contributed by atoms with Crippen molar-refractivity contribution in [3.63, 3.8) is 0 Å². The lowest BCUT2D eigenvalue weighted by Gasteiger charge is -2.35. The molecule has 0 bridgehead atoms. The Kier molecular flexibility index (Phi) is 3.96. The van der Waals surface area contributed by atoms with Crippen LogP contribution in [0.25, 0.3) is 0 Å². The van der Waals surface area contributed by atoms with E-state index in [0.717, 1.165) is 12.8 Å². The molecule has 0 aromatic carbocycles. The summed E-state index contributed by atoms with van der Waals surface area (Å²) in [7, 11) is -3.50. The summed E-state index contributed by atoms with van der Waals surface area (Å²) in [5.74, 6) is -0.292. The number of carbonyl (C=O) groups is 1. The predicted octanol–water partition coefficient (Wildman–Crippen LogP) is 0.360. The Morgan fingerprint density at radius 1 is 1.56 bits per heavy atom. The van der Waals surface area contributed by atoms with Gasteiger partial charge in [0.05, 0.1) is 11.3 Å². The van der Waals surface area contributed by atoms with Crippen molar-refractivity contribution in [2.45, 2.75) is 45.1 Å². The molecule has 1 rings (SSSR count). The van der Waals surface area contributed by atoms with E-state index in [0.29, 0.717) is 18.8 Å². The molecule has 5 nitrogen and oxygen atoms in total. The molecule has 6 heteroatoms. The van der Waals surface area contributed by atoms with Crippen LogP contribution in [0.15, 0.2) is 0 Å². The van der Waals surface area contributed by atoms with Gasteiger partial charge in [0.25, 0.3) is 5.91 Å². The summed E-state index contributed by atoms with van der Waals surface area (Å²) in [6.07, 6.45) is 3.03. The lowest BCUT2D eigenvalue weighted by molar-refractivity contribution is -0.126. The standard InChI is InChI=1S/C10H20N2O3S/c1-3-16(14,15)12-9(13)10(11)6-4-5-8(2)7-10/h8H,3-7,11H2,1-2H3,(H,12,13). The molecule has 1 amide bonds. The quantitative estimate of drug-likeness (QED) is 0.754. The molecule has 0 heterocycles. The van der Waals surface area contributed by atoms with Crippen LogP contribution in [-0.4, -0.2) is 25.6 Å². The van der Waals surface area contributed by atoms with Crippen LogP contribution in [0, 0.1) is 5.92 Å². The highest BCUT2D eigenvalue weighted by atomic mass is 32.2. The second-order valence-corrected chi connectivity index (χ2v) is 6.70. The molecular formula is C10H20N2O3S. The third kappa shape index (κ3) is 3.18. The maximum absolute atomic E-state index is 11.8. The minimum absolute atomic E-state index is 0.107. The number of nitrogens with two attached hydrogens (primary N) is 1. The first-order valence-electron chi connectivity index (χ1n) is 5.63. The fourth-order valence-corrected chi connectivity index (χ4v) is 2.74. The van der Waals surface area contributed by atoms with Crippen LogP contribution in [0.2, 0.25) is 0 Å². The van der Waals surface area contributed by atoms with Crippen LogP contribution >= 0.6 is 0 Å². The highest BCUT2D eigenvalue weighted by molar-refractivity contribution is 7.90. The minimum atomic E-state index is -3.50. The van der Waals surface area contributed by atoms with Crippen molar-refractivity contribution < 1.29 is 13.2 Å². The molecular weight excluding hydrogens is 228 g/mol. The van der Waals surface area contributed by atoms with Gasteiger partial charge in [0.15, 0.2) is 0 Å². The molecule has 0 aromatic rings. The van der Waals surface area contributed by atoms with Gasteiger partial charge in [-0.1, -0.05) is 19.8 Å². The second kappa shape index (κ2) is 4.71. The third-order valence-electron chi connectivity index (χ3n) is 3.11. The van der Waals surface area contributed by atoms with E-state index in [9.17, 15) is 13.2 Å². The normalized spacial score (nSPS) is 31.1. The van der Waals surface area contributed by atoms with Gasteiger partial charge >= 0.3 is 0 Å². The molecule has 1 fully saturated rings. The molecule has 0 spiro atoms. The molecule has 1 saturated carbocycles. The maximum atomic E-state index is 11.8. The van der Waals surface area contributed by atoms with Crippen LogP contribution in [-0.2, 0) is 14.8 Å². The van der Waals surface area contributed by atoms with Gasteiger partial charge in [-0.15, -0.1) is 0 Å². The number of amides is 1. The first kappa shape index (κ1) is 13.4. The van der Waals surface area contributed by atoms with Gasteiger partial charge in [0, 0.05) is 0 Å². The van der Waals surface area contributed by atoms with Crippen LogP contribution in [0.1, 0.15) is 39.5 Å². The lowest BCUT2D eigenvalue weighted by Crippen LogP contribution is -2.57. The smallest absolute Gasteiger partial charge is 0.253 e. The van der Waals surface area contributed by atoms with Gasteiger partial charge in [-0.3, -0.25) is 9.52 Å². The molecule has 2 unspecified atom stereocenters. The zero-order valence-corrected chi connectivity index (χ0v) is 10.6. The Bertz CT molecular complexity index is 366. The summed E-state index contributed by atoms with van der Waals surface area (Å²) >= 11 is 0. The van der Waals surface area contributed by atoms with E-state index < -0.39 is 21.5 Å². The van der Waals surface area contributed by atoms with Crippen LogP contribution in [0.5, 0.6) is 0 Å². The molecule has 1 aliphatic rings. The number of hydrogen-bond acceptors (Lipinski definition) is 4. The van der Waals surface area contributed by atoms with Crippen molar-refractivity contribution in [1.29, 1.82) is 0 Å². The van der Waals surface area contributed by atoms with Gasteiger partial charge in [-0.25, -0.2) is 8.42 Å². The average Bonchev–Trinajstić information content (AvgIpc) is 2.16. The average molecular weight is 248 g/mol.